The van der Waals surface area contributed by atoms with Crippen LogP contribution in [0.1, 0.15) is 19.8 Å². The lowest BCUT2D eigenvalue weighted by atomic mass is 10.2. The Balaban J connectivity index is 2.34. The maximum absolute atomic E-state index is 10.3. The number of hydrogen-bond donors (Lipinski definition) is 2. The Morgan fingerprint density at radius 2 is 2.21 bits per heavy atom. The van der Waals surface area contributed by atoms with Crippen LogP contribution in [0, 0.1) is 0 Å². The molecule has 0 aliphatic rings. The van der Waals surface area contributed by atoms with Crippen LogP contribution in [0.5, 0.6) is 0 Å². The predicted molar refractivity (Wildman–Crippen MR) is 54.2 cm³/mol. The van der Waals surface area contributed by atoms with E-state index in [0.717, 1.165) is 5.69 Å². The van der Waals surface area contributed by atoms with E-state index in [2.05, 4.69) is 10.3 Å². The summed E-state index contributed by atoms with van der Waals surface area (Å²) in [4.78, 5) is 14.2. The molecule has 4 heteroatoms. The number of nitrogens with one attached hydrogen (secondary N) is 1. The standard InChI is InChI=1S/C10H14N2O2/c1-8(2-3-10(13)14)12-9-4-6-11-7-5-9/h4-8H,2-3H2,1H3,(H,11,12)(H,13,14). The van der Waals surface area contributed by atoms with Crippen molar-refractivity contribution in [2.75, 3.05) is 5.32 Å². The number of rotatable bonds is 5. The zero-order chi connectivity index (χ0) is 10.4. The SMILES string of the molecule is CC(CCC(=O)O)Nc1ccncc1. The number of pyridine rings is 1. The summed E-state index contributed by atoms with van der Waals surface area (Å²) in [6.07, 6.45) is 4.22. The molecule has 0 aliphatic heterocycles. The lowest BCUT2D eigenvalue weighted by Crippen LogP contribution is -2.16. The summed E-state index contributed by atoms with van der Waals surface area (Å²) in [6, 6.07) is 3.88. The summed E-state index contributed by atoms with van der Waals surface area (Å²) in [5.41, 5.74) is 0.970. The third kappa shape index (κ3) is 3.89. The minimum absolute atomic E-state index is 0.161. The fourth-order valence-electron chi connectivity index (χ4n) is 1.14. The van der Waals surface area contributed by atoms with Gasteiger partial charge in [-0.1, -0.05) is 0 Å². The maximum Gasteiger partial charge on any atom is 0.303 e. The second-order valence-electron chi connectivity index (χ2n) is 3.21. The molecule has 0 amide bonds. The first-order valence-corrected chi connectivity index (χ1v) is 4.57. The average molecular weight is 194 g/mol. The van der Waals surface area contributed by atoms with Crippen LogP contribution in [-0.2, 0) is 4.79 Å². The quantitative estimate of drug-likeness (QED) is 0.749. The van der Waals surface area contributed by atoms with Gasteiger partial charge in [-0.05, 0) is 25.5 Å². The molecule has 1 aromatic rings. The van der Waals surface area contributed by atoms with Crippen molar-refractivity contribution in [1.29, 1.82) is 0 Å². The number of aliphatic carboxylic acids is 1. The smallest absolute Gasteiger partial charge is 0.303 e. The monoisotopic (exact) mass is 194 g/mol. The van der Waals surface area contributed by atoms with Crippen molar-refractivity contribution >= 4 is 11.7 Å². The van der Waals surface area contributed by atoms with E-state index in [9.17, 15) is 4.79 Å². The third-order valence-corrected chi connectivity index (χ3v) is 1.88. The van der Waals surface area contributed by atoms with Gasteiger partial charge >= 0.3 is 5.97 Å². The van der Waals surface area contributed by atoms with E-state index in [1.807, 2.05) is 19.1 Å². The second-order valence-corrected chi connectivity index (χ2v) is 3.21. The van der Waals surface area contributed by atoms with Crippen molar-refractivity contribution < 1.29 is 9.90 Å². The minimum Gasteiger partial charge on any atom is -0.481 e. The van der Waals surface area contributed by atoms with Crippen LogP contribution >= 0.6 is 0 Å². The Morgan fingerprint density at radius 1 is 1.57 bits per heavy atom. The van der Waals surface area contributed by atoms with Gasteiger partial charge in [0.1, 0.15) is 0 Å². The van der Waals surface area contributed by atoms with Crippen LogP contribution in [-0.4, -0.2) is 22.1 Å². The number of anilines is 1. The number of nitrogens with zero attached hydrogens (tertiary/aromatic N) is 1. The fourth-order valence-corrected chi connectivity index (χ4v) is 1.14. The third-order valence-electron chi connectivity index (χ3n) is 1.88. The number of carboxylic acid groups (broad SMARTS) is 1. The van der Waals surface area contributed by atoms with Crippen LogP contribution in [0.3, 0.4) is 0 Å². The van der Waals surface area contributed by atoms with E-state index in [0.29, 0.717) is 6.42 Å². The van der Waals surface area contributed by atoms with Gasteiger partial charge in [-0.2, -0.15) is 0 Å². The van der Waals surface area contributed by atoms with Gasteiger partial charge in [-0.25, -0.2) is 0 Å². The van der Waals surface area contributed by atoms with Gasteiger partial charge in [-0.15, -0.1) is 0 Å². The number of carboxylic acids is 1. The molecule has 2 N–H and O–H groups in total. The zero-order valence-electron chi connectivity index (χ0n) is 8.10. The van der Waals surface area contributed by atoms with Gasteiger partial charge in [0, 0.05) is 30.5 Å². The normalized spacial score (nSPS) is 12.1. The van der Waals surface area contributed by atoms with E-state index in [1.165, 1.54) is 0 Å². The van der Waals surface area contributed by atoms with Crippen molar-refractivity contribution in [3.63, 3.8) is 0 Å². The van der Waals surface area contributed by atoms with Gasteiger partial charge in [0.15, 0.2) is 0 Å². The molecular weight excluding hydrogens is 180 g/mol. The van der Waals surface area contributed by atoms with Crippen molar-refractivity contribution in [2.24, 2.45) is 0 Å². The van der Waals surface area contributed by atoms with E-state index in [1.54, 1.807) is 12.4 Å². The van der Waals surface area contributed by atoms with Crippen molar-refractivity contribution in [3.05, 3.63) is 24.5 Å². The molecule has 0 aliphatic carbocycles. The van der Waals surface area contributed by atoms with Crippen LogP contribution in [0.2, 0.25) is 0 Å². The lowest BCUT2D eigenvalue weighted by molar-refractivity contribution is -0.137. The molecule has 0 spiro atoms. The number of carbonyl (C=O) groups is 1. The Kier molecular flexibility index (Phi) is 3.91. The molecule has 1 aromatic heterocycles. The van der Waals surface area contributed by atoms with Crippen molar-refractivity contribution in [3.8, 4) is 0 Å². The van der Waals surface area contributed by atoms with Crippen LogP contribution in [0.15, 0.2) is 24.5 Å². The minimum atomic E-state index is -0.756. The van der Waals surface area contributed by atoms with Crippen LogP contribution in [0.25, 0.3) is 0 Å². The molecule has 0 saturated heterocycles. The fraction of sp³-hybridized carbons (Fsp3) is 0.400. The number of hydrogen-bond acceptors (Lipinski definition) is 3. The van der Waals surface area contributed by atoms with Crippen molar-refractivity contribution in [2.45, 2.75) is 25.8 Å². The molecule has 1 heterocycles. The first-order chi connectivity index (χ1) is 6.68. The van der Waals surface area contributed by atoms with Gasteiger partial charge in [-0.3, -0.25) is 9.78 Å². The lowest BCUT2D eigenvalue weighted by Gasteiger charge is -2.13. The summed E-state index contributed by atoms with van der Waals surface area (Å²) in [5.74, 6) is -0.756. The average Bonchev–Trinajstić information content (AvgIpc) is 2.16. The van der Waals surface area contributed by atoms with Gasteiger partial charge in [0.2, 0.25) is 0 Å². The summed E-state index contributed by atoms with van der Waals surface area (Å²) < 4.78 is 0. The molecule has 1 rings (SSSR count). The molecule has 1 unspecified atom stereocenters. The summed E-state index contributed by atoms with van der Waals surface area (Å²) >= 11 is 0. The molecule has 0 saturated carbocycles. The zero-order valence-corrected chi connectivity index (χ0v) is 8.10. The van der Waals surface area contributed by atoms with Gasteiger partial charge in [0.05, 0.1) is 0 Å². The van der Waals surface area contributed by atoms with E-state index >= 15 is 0 Å². The largest absolute Gasteiger partial charge is 0.481 e. The van der Waals surface area contributed by atoms with Gasteiger partial charge < -0.3 is 10.4 Å². The topological polar surface area (TPSA) is 62.2 Å². The molecule has 0 radical (unpaired) electrons. The molecular formula is C10H14N2O2. The highest BCUT2D eigenvalue weighted by Gasteiger charge is 2.04. The van der Waals surface area contributed by atoms with Crippen molar-refractivity contribution in [1.82, 2.24) is 4.98 Å². The first kappa shape index (κ1) is 10.5. The van der Waals surface area contributed by atoms with E-state index < -0.39 is 5.97 Å². The highest BCUT2D eigenvalue weighted by molar-refractivity contribution is 5.66. The number of aromatic nitrogens is 1. The highest BCUT2D eigenvalue weighted by atomic mass is 16.4. The van der Waals surface area contributed by atoms with E-state index in [4.69, 9.17) is 5.11 Å². The maximum atomic E-state index is 10.3. The molecule has 0 bridgehead atoms. The highest BCUT2D eigenvalue weighted by Crippen LogP contribution is 2.08. The predicted octanol–water partition coefficient (Wildman–Crippen LogP) is 1.75. The Morgan fingerprint density at radius 3 is 2.79 bits per heavy atom. The van der Waals surface area contributed by atoms with Crippen LogP contribution < -0.4 is 5.32 Å². The summed E-state index contributed by atoms with van der Waals surface area (Å²) in [7, 11) is 0. The van der Waals surface area contributed by atoms with Gasteiger partial charge in [0.25, 0.3) is 0 Å². The summed E-state index contributed by atoms with van der Waals surface area (Å²) in [5, 5.41) is 11.7. The Hall–Kier alpha value is -1.58. The molecule has 14 heavy (non-hydrogen) atoms. The Bertz CT molecular complexity index is 287. The first-order valence-electron chi connectivity index (χ1n) is 4.57. The molecule has 76 valence electrons. The molecule has 0 aromatic carbocycles. The summed E-state index contributed by atoms with van der Waals surface area (Å²) in [6.45, 7) is 1.96. The van der Waals surface area contributed by atoms with Crippen LogP contribution in [0.4, 0.5) is 5.69 Å². The Labute approximate surface area is 83.0 Å². The molecule has 4 nitrogen and oxygen atoms in total. The molecule has 1 atom stereocenters. The van der Waals surface area contributed by atoms with E-state index in [-0.39, 0.29) is 12.5 Å². The second kappa shape index (κ2) is 5.21. The molecule has 0 fully saturated rings.